The minimum absolute atomic E-state index is 0.264. The van der Waals surface area contributed by atoms with Crippen LogP contribution in [-0.4, -0.2) is 15.0 Å². The third-order valence-electron chi connectivity index (χ3n) is 0.832. The Labute approximate surface area is 58.1 Å². The maximum absolute atomic E-state index is 5.49. The van der Waals surface area contributed by atoms with E-state index in [4.69, 9.17) is 11.6 Å². The highest BCUT2D eigenvalue weighted by atomic mass is 35.5. The van der Waals surface area contributed by atoms with Gasteiger partial charge in [0.2, 0.25) is 5.28 Å². The van der Waals surface area contributed by atoms with Crippen LogP contribution in [0.25, 0.3) is 0 Å². The van der Waals surface area contributed by atoms with E-state index in [1.165, 1.54) is 0 Å². The van der Waals surface area contributed by atoms with E-state index in [9.17, 15) is 0 Å². The molecule has 0 aliphatic heterocycles. The van der Waals surface area contributed by atoms with Gasteiger partial charge in [0.05, 0.1) is 0 Å². The Morgan fingerprint density at radius 3 is 1.78 bits per heavy atom. The molecule has 3 nitrogen and oxygen atoms in total. The monoisotopic (exact) mass is 143 g/mol. The largest absolute Gasteiger partial charge is 0.225 e. The third kappa shape index (κ3) is 1.61. The maximum Gasteiger partial charge on any atom is 0.225 e. The second kappa shape index (κ2) is 2.27. The van der Waals surface area contributed by atoms with Gasteiger partial charge in [-0.25, -0.2) is 15.0 Å². The summed E-state index contributed by atoms with van der Waals surface area (Å²) in [7, 11) is 0. The van der Waals surface area contributed by atoms with Gasteiger partial charge in [0.25, 0.3) is 0 Å². The van der Waals surface area contributed by atoms with Gasteiger partial charge in [-0.2, -0.15) is 0 Å². The molecule has 9 heavy (non-hydrogen) atoms. The molecule has 1 rings (SSSR count). The first kappa shape index (κ1) is 6.42. The van der Waals surface area contributed by atoms with Crippen molar-refractivity contribution in [3.63, 3.8) is 0 Å². The van der Waals surface area contributed by atoms with Crippen LogP contribution in [0.5, 0.6) is 0 Å². The maximum atomic E-state index is 5.49. The molecule has 4 heteroatoms. The number of halogens is 1. The van der Waals surface area contributed by atoms with Gasteiger partial charge in [0.15, 0.2) is 0 Å². The van der Waals surface area contributed by atoms with Crippen LogP contribution in [0, 0.1) is 13.8 Å². The highest BCUT2D eigenvalue weighted by molar-refractivity contribution is 6.28. The molecule has 0 N–H and O–H groups in total. The van der Waals surface area contributed by atoms with Crippen molar-refractivity contribution in [2.75, 3.05) is 0 Å². The summed E-state index contributed by atoms with van der Waals surface area (Å²) in [6.07, 6.45) is 0. The first-order valence-corrected chi connectivity index (χ1v) is 2.91. The Morgan fingerprint density at radius 2 is 1.44 bits per heavy atom. The third-order valence-corrected chi connectivity index (χ3v) is 1.00. The van der Waals surface area contributed by atoms with Gasteiger partial charge >= 0.3 is 0 Å². The van der Waals surface area contributed by atoms with Gasteiger partial charge in [0.1, 0.15) is 11.6 Å². The standard InChI is InChI=1S/C5H6ClN3/c1-3-7-4(2)9-5(6)8-3/h1-2H3. The second-order valence-corrected chi connectivity index (χ2v) is 2.04. The van der Waals surface area contributed by atoms with Crippen LogP contribution in [0.3, 0.4) is 0 Å². The molecule has 1 aromatic rings. The molecule has 0 saturated heterocycles. The number of rotatable bonds is 0. The van der Waals surface area contributed by atoms with Crippen molar-refractivity contribution in [1.82, 2.24) is 15.0 Å². The molecule has 0 aliphatic rings. The molecule has 48 valence electrons. The highest BCUT2D eigenvalue weighted by Crippen LogP contribution is 1.98. The molecule has 0 spiro atoms. The first-order valence-electron chi connectivity index (χ1n) is 2.53. The fourth-order valence-electron chi connectivity index (χ4n) is 0.576. The van der Waals surface area contributed by atoms with Crippen molar-refractivity contribution in [3.05, 3.63) is 16.9 Å². The molecule has 0 bridgehead atoms. The Morgan fingerprint density at radius 1 is 1.00 bits per heavy atom. The van der Waals surface area contributed by atoms with Crippen LogP contribution in [0.4, 0.5) is 0 Å². The minimum atomic E-state index is 0.264. The SMILES string of the molecule is Cc1nc(C)nc(Cl)n1. The predicted octanol–water partition coefficient (Wildman–Crippen LogP) is 1.14. The van der Waals surface area contributed by atoms with Crippen molar-refractivity contribution in [1.29, 1.82) is 0 Å². The van der Waals surface area contributed by atoms with E-state index in [2.05, 4.69) is 15.0 Å². The molecule has 0 aliphatic carbocycles. The highest BCUT2D eigenvalue weighted by Gasteiger charge is 1.93. The molecular formula is C5H6ClN3. The van der Waals surface area contributed by atoms with Crippen molar-refractivity contribution in [2.45, 2.75) is 13.8 Å². The number of hydrogen-bond acceptors (Lipinski definition) is 3. The summed E-state index contributed by atoms with van der Waals surface area (Å²) >= 11 is 5.49. The summed E-state index contributed by atoms with van der Waals surface area (Å²) in [4.78, 5) is 11.5. The zero-order chi connectivity index (χ0) is 6.85. The predicted molar refractivity (Wildman–Crippen MR) is 34.3 cm³/mol. The molecule has 0 radical (unpaired) electrons. The van der Waals surface area contributed by atoms with Gasteiger partial charge in [-0.1, -0.05) is 0 Å². The van der Waals surface area contributed by atoms with Crippen LogP contribution in [0.1, 0.15) is 11.6 Å². The van der Waals surface area contributed by atoms with E-state index in [0.29, 0.717) is 11.6 Å². The van der Waals surface area contributed by atoms with Crippen molar-refractivity contribution in [2.24, 2.45) is 0 Å². The topological polar surface area (TPSA) is 38.7 Å². The molecule has 0 aromatic carbocycles. The molecular weight excluding hydrogens is 138 g/mol. The van der Waals surface area contributed by atoms with Crippen LogP contribution in [0.15, 0.2) is 0 Å². The van der Waals surface area contributed by atoms with Crippen molar-refractivity contribution in [3.8, 4) is 0 Å². The summed E-state index contributed by atoms with van der Waals surface area (Å²) < 4.78 is 0. The molecule has 0 atom stereocenters. The normalized spacial score (nSPS) is 9.67. The zero-order valence-corrected chi connectivity index (χ0v) is 5.98. The summed E-state index contributed by atoms with van der Waals surface area (Å²) in [5.74, 6) is 1.32. The zero-order valence-electron chi connectivity index (χ0n) is 5.22. The van der Waals surface area contributed by atoms with Crippen LogP contribution in [-0.2, 0) is 0 Å². The Hall–Kier alpha value is -0.700. The number of aryl methyl sites for hydroxylation is 2. The average molecular weight is 144 g/mol. The molecule has 1 aromatic heterocycles. The van der Waals surface area contributed by atoms with Gasteiger partial charge in [-0.05, 0) is 25.4 Å². The first-order chi connectivity index (χ1) is 4.18. The lowest BCUT2D eigenvalue weighted by molar-refractivity contribution is 0.920. The van der Waals surface area contributed by atoms with E-state index >= 15 is 0 Å². The fourth-order valence-corrected chi connectivity index (χ4v) is 0.821. The lowest BCUT2D eigenvalue weighted by atomic mass is 10.6. The van der Waals surface area contributed by atoms with E-state index < -0.39 is 0 Å². The Balaban J connectivity index is 3.17. The van der Waals surface area contributed by atoms with Crippen molar-refractivity contribution >= 4 is 11.6 Å². The fraction of sp³-hybridized carbons (Fsp3) is 0.400. The number of nitrogens with zero attached hydrogens (tertiary/aromatic N) is 3. The van der Waals surface area contributed by atoms with E-state index in [-0.39, 0.29) is 5.28 Å². The molecule has 0 amide bonds. The van der Waals surface area contributed by atoms with Crippen LogP contribution in [0.2, 0.25) is 5.28 Å². The summed E-state index contributed by atoms with van der Waals surface area (Å²) in [6, 6.07) is 0. The lowest BCUT2D eigenvalue weighted by Crippen LogP contribution is -1.94. The Bertz CT molecular complexity index is 173. The summed E-state index contributed by atoms with van der Waals surface area (Å²) in [5.41, 5.74) is 0. The van der Waals surface area contributed by atoms with Gasteiger partial charge < -0.3 is 0 Å². The van der Waals surface area contributed by atoms with Crippen LogP contribution < -0.4 is 0 Å². The minimum Gasteiger partial charge on any atom is -0.219 e. The second-order valence-electron chi connectivity index (χ2n) is 1.70. The van der Waals surface area contributed by atoms with Crippen molar-refractivity contribution < 1.29 is 0 Å². The lowest BCUT2D eigenvalue weighted by Gasteiger charge is -1.92. The summed E-state index contributed by atoms with van der Waals surface area (Å²) in [5, 5.41) is 0.264. The number of aromatic nitrogens is 3. The van der Waals surface area contributed by atoms with Gasteiger partial charge in [-0.3, -0.25) is 0 Å². The summed E-state index contributed by atoms with van der Waals surface area (Å²) in [6.45, 7) is 3.56. The van der Waals surface area contributed by atoms with E-state index in [1.807, 2.05) is 0 Å². The average Bonchev–Trinajstić information content (AvgIpc) is 1.59. The molecule has 0 fully saturated rings. The quantitative estimate of drug-likeness (QED) is 0.547. The van der Waals surface area contributed by atoms with E-state index in [0.717, 1.165) is 0 Å². The molecule has 0 unspecified atom stereocenters. The Kier molecular flexibility index (Phi) is 1.62. The molecule has 1 heterocycles. The molecule has 0 saturated carbocycles. The smallest absolute Gasteiger partial charge is 0.219 e. The number of hydrogen-bond donors (Lipinski definition) is 0. The van der Waals surface area contributed by atoms with E-state index in [1.54, 1.807) is 13.8 Å². The van der Waals surface area contributed by atoms with Crippen LogP contribution >= 0.6 is 11.6 Å². The van der Waals surface area contributed by atoms with Gasteiger partial charge in [-0.15, -0.1) is 0 Å². The van der Waals surface area contributed by atoms with Gasteiger partial charge in [0, 0.05) is 0 Å².